The summed E-state index contributed by atoms with van der Waals surface area (Å²) in [6.07, 6.45) is 1.77. The van der Waals surface area contributed by atoms with E-state index in [1.54, 1.807) is 12.3 Å². The molecule has 1 fully saturated rings. The minimum atomic E-state index is 0.0286. The number of rotatable bonds is 3. The summed E-state index contributed by atoms with van der Waals surface area (Å²) < 4.78 is 1.83. The molecular formula is C21H24N4O. The summed E-state index contributed by atoms with van der Waals surface area (Å²) in [6.45, 7) is 6.52. The third-order valence-corrected chi connectivity index (χ3v) is 5.14. The smallest absolute Gasteiger partial charge is 0.253 e. The van der Waals surface area contributed by atoms with Crippen molar-refractivity contribution in [1.82, 2.24) is 14.5 Å². The predicted octanol–water partition coefficient (Wildman–Crippen LogP) is 2.51. The van der Waals surface area contributed by atoms with Crippen LogP contribution in [0, 0.1) is 6.92 Å². The Morgan fingerprint density at radius 2 is 1.85 bits per heavy atom. The van der Waals surface area contributed by atoms with Crippen molar-refractivity contribution in [3.05, 3.63) is 70.3 Å². The van der Waals surface area contributed by atoms with Gasteiger partial charge in [0.15, 0.2) is 0 Å². The zero-order valence-corrected chi connectivity index (χ0v) is 15.4. The van der Waals surface area contributed by atoms with Gasteiger partial charge in [0.1, 0.15) is 0 Å². The van der Waals surface area contributed by atoms with E-state index in [0.717, 1.165) is 48.5 Å². The highest BCUT2D eigenvalue weighted by molar-refractivity contribution is 5.92. The average Bonchev–Trinajstić information content (AvgIpc) is 2.65. The molecule has 1 aliphatic heterocycles. The van der Waals surface area contributed by atoms with Gasteiger partial charge in [0, 0.05) is 43.8 Å². The minimum absolute atomic E-state index is 0.0286. The standard InChI is InChI=1S/C21H24N4O/c1-16-6-7-19-18(13-16)20(24-11-9-23(2)10-12-24)14-21(26)25(19)15-17-5-3-4-8-22-17/h3-8,13-14H,9-12,15H2,1-2H3. The number of aromatic nitrogens is 2. The summed E-state index contributed by atoms with van der Waals surface area (Å²) in [5.74, 6) is 0. The quantitative estimate of drug-likeness (QED) is 0.729. The van der Waals surface area contributed by atoms with Gasteiger partial charge >= 0.3 is 0 Å². The van der Waals surface area contributed by atoms with Gasteiger partial charge in [0.25, 0.3) is 5.56 Å². The first-order valence-electron chi connectivity index (χ1n) is 9.09. The van der Waals surface area contributed by atoms with Gasteiger partial charge in [-0.2, -0.15) is 0 Å². The van der Waals surface area contributed by atoms with Gasteiger partial charge in [-0.1, -0.05) is 17.7 Å². The molecule has 5 heteroatoms. The molecule has 0 N–H and O–H groups in total. The number of anilines is 1. The fourth-order valence-electron chi connectivity index (χ4n) is 3.61. The highest BCUT2D eigenvalue weighted by Gasteiger charge is 2.19. The van der Waals surface area contributed by atoms with Crippen LogP contribution in [0.25, 0.3) is 10.9 Å². The molecule has 3 aromatic rings. The number of benzene rings is 1. The molecule has 0 amide bonds. The molecule has 4 rings (SSSR count). The number of piperazine rings is 1. The Labute approximate surface area is 153 Å². The van der Waals surface area contributed by atoms with E-state index < -0.39 is 0 Å². The summed E-state index contributed by atoms with van der Waals surface area (Å²) in [5, 5.41) is 1.14. The third kappa shape index (κ3) is 3.22. The van der Waals surface area contributed by atoms with E-state index in [1.165, 1.54) is 5.56 Å². The lowest BCUT2D eigenvalue weighted by atomic mass is 10.1. The molecule has 0 bridgehead atoms. The zero-order valence-electron chi connectivity index (χ0n) is 15.4. The van der Waals surface area contributed by atoms with Crippen LogP contribution in [0.3, 0.4) is 0 Å². The first kappa shape index (κ1) is 16.8. The van der Waals surface area contributed by atoms with E-state index in [-0.39, 0.29) is 5.56 Å². The topological polar surface area (TPSA) is 41.4 Å². The minimum Gasteiger partial charge on any atom is -0.368 e. The van der Waals surface area contributed by atoms with Gasteiger partial charge in [-0.05, 0) is 38.2 Å². The molecular weight excluding hydrogens is 324 g/mol. The Hall–Kier alpha value is -2.66. The Morgan fingerprint density at radius 3 is 2.58 bits per heavy atom. The van der Waals surface area contributed by atoms with Crippen LogP contribution in [0.15, 0.2) is 53.5 Å². The van der Waals surface area contributed by atoms with Crippen LogP contribution in [0.4, 0.5) is 5.69 Å². The van der Waals surface area contributed by atoms with Crippen molar-refractivity contribution in [2.75, 3.05) is 38.1 Å². The Morgan fingerprint density at radius 1 is 1.04 bits per heavy atom. The van der Waals surface area contributed by atoms with Crippen LogP contribution in [0.2, 0.25) is 0 Å². The number of hydrogen-bond donors (Lipinski definition) is 0. The van der Waals surface area contributed by atoms with Gasteiger partial charge in [-0.25, -0.2) is 0 Å². The SMILES string of the molecule is Cc1ccc2c(c1)c(N1CCN(C)CC1)cc(=O)n2Cc1ccccn1. The van der Waals surface area contributed by atoms with E-state index in [2.05, 4.69) is 47.0 Å². The molecule has 0 atom stereocenters. The van der Waals surface area contributed by atoms with E-state index in [1.807, 2.05) is 22.8 Å². The number of fused-ring (bicyclic) bond motifs is 1. The maximum Gasteiger partial charge on any atom is 0.253 e. The highest BCUT2D eigenvalue weighted by Crippen LogP contribution is 2.27. The van der Waals surface area contributed by atoms with Crippen molar-refractivity contribution in [3.63, 3.8) is 0 Å². The molecule has 0 saturated carbocycles. The van der Waals surface area contributed by atoms with Crippen molar-refractivity contribution in [3.8, 4) is 0 Å². The van der Waals surface area contributed by atoms with Gasteiger partial charge < -0.3 is 14.4 Å². The van der Waals surface area contributed by atoms with Crippen molar-refractivity contribution >= 4 is 16.6 Å². The molecule has 134 valence electrons. The average molecular weight is 348 g/mol. The normalized spacial score (nSPS) is 15.5. The molecule has 1 saturated heterocycles. The molecule has 0 radical (unpaired) electrons. The second kappa shape index (κ2) is 6.92. The zero-order chi connectivity index (χ0) is 18.1. The van der Waals surface area contributed by atoms with Gasteiger partial charge in [0.05, 0.1) is 23.4 Å². The van der Waals surface area contributed by atoms with Crippen LogP contribution < -0.4 is 10.5 Å². The second-order valence-corrected chi connectivity index (χ2v) is 7.09. The van der Waals surface area contributed by atoms with E-state index in [9.17, 15) is 4.79 Å². The van der Waals surface area contributed by atoms with Gasteiger partial charge in [-0.3, -0.25) is 9.78 Å². The molecule has 0 aliphatic carbocycles. The van der Waals surface area contributed by atoms with Gasteiger partial charge in [-0.15, -0.1) is 0 Å². The Balaban J connectivity index is 1.83. The van der Waals surface area contributed by atoms with Crippen molar-refractivity contribution < 1.29 is 0 Å². The number of pyridine rings is 2. The Kier molecular flexibility index (Phi) is 4.47. The van der Waals surface area contributed by atoms with Gasteiger partial charge in [0.2, 0.25) is 0 Å². The van der Waals surface area contributed by atoms with Crippen LogP contribution in [0.5, 0.6) is 0 Å². The monoisotopic (exact) mass is 348 g/mol. The van der Waals surface area contributed by atoms with E-state index in [4.69, 9.17) is 0 Å². The fraction of sp³-hybridized carbons (Fsp3) is 0.333. The van der Waals surface area contributed by atoms with Crippen LogP contribution in [-0.2, 0) is 6.54 Å². The molecule has 1 aromatic carbocycles. The largest absolute Gasteiger partial charge is 0.368 e. The number of aryl methyl sites for hydroxylation is 1. The van der Waals surface area contributed by atoms with Crippen molar-refractivity contribution in [1.29, 1.82) is 0 Å². The molecule has 26 heavy (non-hydrogen) atoms. The summed E-state index contributed by atoms with van der Waals surface area (Å²) in [4.78, 5) is 22.0. The summed E-state index contributed by atoms with van der Waals surface area (Å²) >= 11 is 0. The number of nitrogens with zero attached hydrogens (tertiary/aromatic N) is 4. The number of likely N-dealkylation sites (N-methyl/N-ethyl adjacent to an activating group) is 1. The van der Waals surface area contributed by atoms with Crippen LogP contribution >= 0.6 is 0 Å². The molecule has 0 spiro atoms. The molecule has 2 aromatic heterocycles. The highest BCUT2D eigenvalue weighted by atomic mass is 16.1. The summed E-state index contributed by atoms with van der Waals surface area (Å²) in [7, 11) is 2.14. The second-order valence-electron chi connectivity index (χ2n) is 7.09. The van der Waals surface area contributed by atoms with Crippen molar-refractivity contribution in [2.45, 2.75) is 13.5 Å². The summed E-state index contributed by atoms with van der Waals surface area (Å²) in [6, 6.07) is 13.9. The lowest BCUT2D eigenvalue weighted by Crippen LogP contribution is -2.45. The third-order valence-electron chi connectivity index (χ3n) is 5.14. The maximum absolute atomic E-state index is 12.9. The molecule has 0 unspecified atom stereocenters. The number of hydrogen-bond acceptors (Lipinski definition) is 4. The van der Waals surface area contributed by atoms with Crippen LogP contribution in [0.1, 0.15) is 11.3 Å². The van der Waals surface area contributed by atoms with E-state index in [0.29, 0.717) is 6.54 Å². The molecule has 5 nitrogen and oxygen atoms in total. The van der Waals surface area contributed by atoms with E-state index >= 15 is 0 Å². The lowest BCUT2D eigenvalue weighted by Gasteiger charge is -2.34. The first-order valence-corrected chi connectivity index (χ1v) is 9.09. The summed E-state index contributed by atoms with van der Waals surface area (Å²) in [5.41, 5.74) is 4.16. The molecule has 1 aliphatic rings. The predicted molar refractivity (Wildman–Crippen MR) is 106 cm³/mol. The Bertz CT molecular complexity index is 972. The van der Waals surface area contributed by atoms with Crippen LogP contribution in [-0.4, -0.2) is 47.7 Å². The fourth-order valence-corrected chi connectivity index (χ4v) is 3.61. The lowest BCUT2D eigenvalue weighted by molar-refractivity contribution is 0.313. The molecule has 3 heterocycles. The first-order chi connectivity index (χ1) is 12.6. The van der Waals surface area contributed by atoms with Crippen molar-refractivity contribution in [2.24, 2.45) is 0 Å². The maximum atomic E-state index is 12.9.